The highest BCUT2D eigenvalue weighted by Crippen LogP contribution is 2.41. The van der Waals surface area contributed by atoms with Crippen LogP contribution in [0.15, 0.2) is 66.7 Å². The standard InChI is InChI=1S/C33H27ClF3N3O4/c1-33(2)17-43-16-27(33)40-26-12-19(32(41)42)8-11-25(26)38-28(40)14-21-23(35)13-22(31(37)30(21)36)24-4-3-5-29(39-24)44-15-18-6-9-20(34)10-7-18/h3-13,27H,14-17H2,1-2H3,(H,41,42). The van der Waals surface area contributed by atoms with Crippen molar-refractivity contribution in [1.82, 2.24) is 14.5 Å². The third-order valence-corrected chi connectivity index (χ3v) is 8.11. The monoisotopic (exact) mass is 621 g/mol. The second kappa shape index (κ2) is 11.6. The molecule has 0 spiro atoms. The van der Waals surface area contributed by atoms with Gasteiger partial charge in [0.25, 0.3) is 0 Å². The Hall–Kier alpha value is -4.41. The fourth-order valence-corrected chi connectivity index (χ4v) is 5.58. The van der Waals surface area contributed by atoms with E-state index in [1.54, 1.807) is 47.0 Å². The molecular formula is C33H27ClF3N3O4. The number of aromatic carboxylic acids is 1. The maximum atomic E-state index is 15.7. The van der Waals surface area contributed by atoms with Crippen molar-refractivity contribution in [3.8, 4) is 17.1 Å². The minimum absolute atomic E-state index is 0.00116. The fraction of sp³-hybridized carbons (Fsp3) is 0.242. The number of hydrogen-bond acceptors (Lipinski definition) is 5. The van der Waals surface area contributed by atoms with Crippen LogP contribution in [0.5, 0.6) is 5.88 Å². The van der Waals surface area contributed by atoms with Crippen molar-refractivity contribution in [2.45, 2.75) is 32.9 Å². The molecule has 2 aromatic heterocycles. The molecule has 7 nitrogen and oxygen atoms in total. The number of halogens is 4. The van der Waals surface area contributed by atoms with E-state index in [2.05, 4.69) is 9.97 Å². The van der Waals surface area contributed by atoms with Crippen molar-refractivity contribution >= 4 is 28.6 Å². The van der Waals surface area contributed by atoms with Gasteiger partial charge in [-0.05, 0) is 48.0 Å². The summed E-state index contributed by atoms with van der Waals surface area (Å²) in [4.78, 5) is 20.6. The average Bonchev–Trinajstić information content (AvgIpc) is 3.54. The molecule has 3 heterocycles. The van der Waals surface area contributed by atoms with Crippen molar-refractivity contribution in [1.29, 1.82) is 0 Å². The van der Waals surface area contributed by atoms with Crippen LogP contribution in [0.1, 0.15) is 47.2 Å². The number of carbonyl (C=O) groups is 1. The zero-order valence-corrected chi connectivity index (χ0v) is 24.5. The number of ether oxygens (including phenoxy) is 2. The highest BCUT2D eigenvalue weighted by molar-refractivity contribution is 6.30. The molecule has 0 aliphatic carbocycles. The number of fused-ring (bicyclic) bond motifs is 1. The first-order valence-electron chi connectivity index (χ1n) is 13.8. The highest BCUT2D eigenvalue weighted by Gasteiger charge is 2.39. The Morgan fingerprint density at radius 1 is 1.07 bits per heavy atom. The molecule has 1 atom stereocenters. The summed E-state index contributed by atoms with van der Waals surface area (Å²) < 4.78 is 60.1. The first kappa shape index (κ1) is 29.7. The Kier molecular flexibility index (Phi) is 7.81. The molecule has 1 fully saturated rings. The van der Waals surface area contributed by atoms with E-state index in [0.717, 1.165) is 11.6 Å². The normalized spacial score (nSPS) is 16.0. The molecule has 0 saturated carbocycles. The van der Waals surface area contributed by atoms with Gasteiger partial charge >= 0.3 is 5.97 Å². The third-order valence-electron chi connectivity index (χ3n) is 7.86. The molecule has 3 aromatic carbocycles. The number of carboxylic acid groups (broad SMARTS) is 1. The van der Waals surface area contributed by atoms with Gasteiger partial charge in [-0.1, -0.05) is 43.6 Å². The van der Waals surface area contributed by atoms with Crippen molar-refractivity contribution in [2.24, 2.45) is 5.41 Å². The summed E-state index contributed by atoms with van der Waals surface area (Å²) in [6.07, 6.45) is -0.379. The number of benzene rings is 3. The zero-order valence-electron chi connectivity index (χ0n) is 23.8. The molecule has 1 aliphatic rings. The molecule has 1 aliphatic heterocycles. The lowest BCUT2D eigenvalue weighted by molar-refractivity contribution is 0.0697. The Morgan fingerprint density at radius 2 is 1.84 bits per heavy atom. The molecular weight excluding hydrogens is 595 g/mol. The van der Waals surface area contributed by atoms with Gasteiger partial charge < -0.3 is 19.1 Å². The van der Waals surface area contributed by atoms with Crippen molar-refractivity contribution in [3.05, 3.63) is 112 Å². The second-order valence-corrected chi connectivity index (χ2v) is 11.8. The number of hydrogen-bond donors (Lipinski definition) is 1. The van der Waals surface area contributed by atoms with Gasteiger partial charge in [-0.2, -0.15) is 0 Å². The van der Waals surface area contributed by atoms with Crippen LogP contribution in [0.3, 0.4) is 0 Å². The summed E-state index contributed by atoms with van der Waals surface area (Å²) in [6, 6.07) is 16.6. The molecule has 44 heavy (non-hydrogen) atoms. The van der Waals surface area contributed by atoms with Crippen LogP contribution in [0, 0.1) is 22.9 Å². The summed E-state index contributed by atoms with van der Waals surface area (Å²) in [7, 11) is 0. The van der Waals surface area contributed by atoms with E-state index < -0.39 is 29.0 Å². The van der Waals surface area contributed by atoms with Crippen LogP contribution in [0.2, 0.25) is 5.02 Å². The summed E-state index contributed by atoms with van der Waals surface area (Å²) in [5.41, 5.74) is 0.553. The molecule has 11 heteroatoms. The predicted octanol–water partition coefficient (Wildman–Crippen LogP) is 7.63. The third kappa shape index (κ3) is 5.62. The van der Waals surface area contributed by atoms with Gasteiger partial charge in [-0.25, -0.2) is 27.9 Å². The van der Waals surface area contributed by atoms with Crippen LogP contribution >= 0.6 is 11.6 Å². The van der Waals surface area contributed by atoms with Crippen LogP contribution < -0.4 is 4.74 Å². The lowest BCUT2D eigenvalue weighted by Gasteiger charge is -2.28. The predicted molar refractivity (Wildman–Crippen MR) is 158 cm³/mol. The Morgan fingerprint density at radius 3 is 2.55 bits per heavy atom. The molecule has 1 unspecified atom stereocenters. The van der Waals surface area contributed by atoms with E-state index in [1.807, 2.05) is 13.8 Å². The Labute approximate surface area is 255 Å². The zero-order chi connectivity index (χ0) is 31.2. The Balaban J connectivity index is 1.35. The van der Waals surface area contributed by atoms with Crippen LogP contribution in [0.4, 0.5) is 13.2 Å². The van der Waals surface area contributed by atoms with E-state index >= 15 is 13.2 Å². The van der Waals surface area contributed by atoms with Gasteiger partial charge in [0, 0.05) is 34.1 Å². The maximum Gasteiger partial charge on any atom is 0.335 e. The molecule has 0 radical (unpaired) electrons. The number of carboxylic acids is 1. The average molecular weight is 622 g/mol. The number of imidazole rings is 1. The SMILES string of the molecule is CC1(C)COCC1n1c(Cc2c(F)cc(-c3cccc(OCc4ccc(Cl)cc4)n3)c(F)c2F)nc2ccc(C(=O)O)cc21. The largest absolute Gasteiger partial charge is 0.478 e. The van der Waals surface area contributed by atoms with E-state index in [0.29, 0.717) is 29.3 Å². The summed E-state index contributed by atoms with van der Waals surface area (Å²) in [6.45, 7) is 4.85. The first-order valence-corrected chi connectivity index (χ1v) is 14.2. The smallest absolute Gasteiger partial charge is 0.335 e. The molecule has 6 rings (SSSR count). The lowest BCUT2D eigenvalue weighted by Crippen LogP contribution is -2.27. The van der Waals surface area contributed by atoms with Crippen molar-refractivity contribution < 1.29 is 32.5 Å². The minimum Gasteiger partial charge on any atom is -0.478 e. The van der Waals surface area contributed by atoms with E-state index in [9.17, 15) is 9.90 Å². The molecule has 1 N–H and O–H groups in total. The van der Waals surface area contributed by atoms with E-state index in [4.69, 9.17) is 21.1 Å². The fourth-order valence-electron chi connectivity index (χ4n) is 5.45. The van der Waals surface area contributed by atoms with Gasteiger partial charge in [0.15, 0.2) is 11.6 Å². The minimum atomic E-state index is -1.36. The summed E-state index contributed by atoms with van der Waals surface area (Å²) in [5.74, 6) is -4.31. The highest BCUT2D eigenvalue weighted by atomic mass is 35.5. The number of nitrogens with zero attached hydrogens (tertiary/aromatic N) is 3. The van der Waals surface area contributed by atoms with E-state index in [-0.39, 0.29) is 53.0 Å². The molecule has 226 valence electrons. The first-order chi connectivity index (χ1) is 21.0. The molecule has 1 saturated heterocycles. The van der Waals surface area contributed by atoms with Gasteiger partial charge in [0.05, 0.1) is 41.5 Å². The Bertz CT molecular complexity index is 1890. The van der Waals surface area contributed by atoms with E-state index in [1.165, 1.54) is 18.2 Å². The molecule has 0 amide bonds. The van der Waals surface area contributed by atoms with Gasteiger partial charge in [0.2, 0.25) is 5.88 Å². The lowest BCUT2D eigenvalue weighted by atomic mass is 9.87. The number of aromatic nitrogens is 3. The van der Waals surface area contributed by atoms with Crippen molar-refractivity contribution in [2.75, 3.05) is 13.2 Å². The second-order valence-electron chi connectivity index (χ2n) is 11.4. The van der Waals surface area contributed by atoms with Gasteiger partial charge in [-0.15, -0.1) is 0 Å². The topological polar surface area (TPSA) is 86.5 Å². The molecule has 5 aromatic rings. The van der Waals surface area contributed by atoms with Crippen LogP contribution in [-0.2, 0) is 17.8 Å². The number of rotatable bonds is 8. The van der Waals surface area contributed by atoms with Gasteiger partial charge in [0.1, 0.15) is 18.2 Å². The van der Waals surface area contributed by atoms with Gasteiger partial charge in [-0.3, -0.25) is 0 Å². The maximum absolute atomic E-state index is 15.7. The molecule has 0 bridgehead atoms. The number of pyridine rings is 1. The van der Waals surface area contributed by atoms with Crippen LogP contribution in [0.25, 0.3) is 22.3 Å². The quantitative estimate of drug-likeness (QED) is 0.179. The van der Waals surface area contributed by atoms with Crippen LogP contribution in [-0.4, -0.2) is 38.8 Å². The van der Waals surface area contributed by atoms with Crippen molar-refractivity contribution in [3.63, 3.8) is 0 Å². The summed E-state index contributed by atoms with van der Waals surface area (Å²) in [5, 5.41) is 10.1. The summed E-state index contributed by atoms with van der Waals surface area (Å²) >= 11 is 5.92.